The number of benzene rings is 4. The van der Waals surface area contributed by atoms with Crippen molar-refractivity contribution in [3.63, 3.8) is 0 Å². The van der Waals surface area contributed by atoms with E-state index in [1.54, 1.807) is 13.0 Å². The van der Waals surface area contributed by atoms with E-state index in [9.17, 15) is 14.4 Å². The first-order valence-electron chi connectivity index (χ1n) is 12.7. The van der Waals surface area contributed by atoms with Crippen molar-refractivity contribution in [3.8, 4) is 0 Å². The second kappa shape index (κ2) is 13.0. The number of carbonyl (C=O) groups excluding carboxylic acids is 3. The molecule has 0 fully saturated rings. The molecule has 4 aromatic rings. The van der Waals surface area contributed by atoms with Gasteiger partial charge in [0.25, 0.3) is 11.8 Å². The van der Waals surface area contributed by atoms with Crippen molar-refractivity contribution in [2.45, 2.75) is 25.9 Å². The Labute approximate surface area is 230 Å². The second-order valence-electron chi connectivity index (χ2n) is 9.10. The minimum absolute atomic E-state index is 0.233. The summed E-state index contributed by atoms with van der Waals surface area (Å²) in [5, 5.41) is 8.76. The highest BCUT2D eigenvalue weighted by Crippen LogP contribution is 2.33. The van der Waals surface area contributed by atoms with Gasteiger partial charge in [0, 0.05) is 11.1 Å². The van der Waals surface area contributed by atoms with E-state index >= 15 is 0 Å². The SMILES string of the molecule is COC(=O)[C@H](C)NC(=O)c1cc(C(=O)N[C@@H](C)c2ccccc2)cc(P(c2ccccc2)c2ccccc2)c1. The van der Waals surface area contributed by atoms with Crippen LogP contribution in [0.2, 0.25) is 0 Å². The molecule has 0 aliphatic heterocycles. The molecule has 39 heavy (non-hydrogen) atoms. The summed E-state index contributed by atoms with van der Waals surface area (Å²) in [6.45, 7) is 3.48. The van der Waals surface area contributed by atoms with Gasteiger partial charge in [-0.25, -0.2) is 4.79 Å². The lowest BCUT2D eigenvalue weighted by Crippen LogP contribution is -2.39. The lowest BCUT2D eigenvalue weighted by atomic mass is 10.1. The van der Waals surface area contributed by atoms with Crippen molar-refractivity contribution < 1.29 is 19.1 Å². The van der Waals surface area contributed by atoms with Crippen LogP contribution in [0.5, 0.6) is 0 Å². The van der Waals surface area contributed by atoms with Crippen LogP contribution in [0.25, 0.3) is 0 Å². The van der Waals surface area contributed by atoms with Crippen LogP contribution in [0.1, 0.15) is 46.2 Å². The zero-order valence-corrected chi connectivity index (χ0v) is 23.0. The molecule has 0 radical (unpaired) electrons. The first-order valence-corrected chi connectivity index (χ1v) is 14.0. The summed E-state index contributed by atoms with van der Waals surface area (Å²) in [5.41, 5.74) is 1.63. The number of carbonyl (C=O) groups is 3. The Balaban J connectivity index is 1.78. The minimum atomic E-state index is -1.08. The van der Waals surface area contributed by atoms with Gasteiger partial charge in [0.15, 0.2) is 0 Å². The van der Waals surface area contributed by atoms with Crippen LogP contribution < -0.4 is 26.5 Å². The third-order valence-corrected chi connectivity index (χ3v) is 8.68. The number of amides is 2. The Morgan fingerprint density at radius 2 is 1.10 bits per heavy atom. The predicted octanol–water partition coefficient (Wildman–Crippen LogP) is 4.23. The molecule has 0 bridgehead atoms. The molecule has 2 atom stereocenters. The molecule has 0 spiro atoms. The molecule has 0 aromatic heterocycles. The van der Waals surface area contributed by atoms with Crippen LogP contribution >= 0.6 is 7.92 Å². The number of nitrogens with one attached hydrogen (secondary N) is 2. The van der Waals surface area contributed by atoms with Gasteiger partial charge in [-0.2, -0.15) is 0 Å². The maximum Gasteiger partial charge on any atom is 0.328 e. The summed E-state index contributed by atoms with van der Waals surface area (Å²) in [7, 11) is 0.193. The van der Waals surface area contributed by atoms with Gasteiger partial charge >= 0.3 is 5.97 Å². The van der Waals surface area contributed by atoms with E-state index in [2.05, 4.69) is 34.9 Å². The van der Waals surface area contributed by atoms with Crippen molar-refractivity contribution in [2.24, 2.45) is 0 Å². The maximum atomic E-state index is 13.5. The van der Waals surface area contributed by atoms with E-state index in [0.717, 1.165) is 21.5 Å². The number of rotatable bonds is 9. The first kappa shape index (κ1) is 27.7. The fourth-order valence-corrected chi connectivity index (χ4v) is 6.60. The lowest BCUT2D eigenvalue weighted by Gasteiger charge is -2.22. The molecular weight excluding hydrogens is 507 g/mol. The number of methoxy groups -OCH3 is 1. The zero-order valence-electron chi connectivity index (χ0n) is 22.1. The van der Waals surface area contributed by atoms with Crippen LogP contribution in [-0.2, 0) is 9.53 Å². The largest absolute Gasteiger partial charge is 0.467 e. The van der Waals surface area contributed by atoms with Crippen LogP contribution in [0.15, 0.2) is 109 Å². The molecule has 0 heterocycles. The first-order chi connectivity index (χ1) is 18.9. The molecule has 2 amide bonds. The Bertz CT molecular complexity index is 1390. The fraction of sp³-hybridized carbons (Fsp3) is 0.156. The summed E-state index contributed by atoms with van der Waals surface area (Å²) in [5.74, 6) is -1.31. The van der Waals surface area contributed by atoms with Crippen LogP contribution in [-0.4, -0.2) is 30.9 Å². The molecule has 0 saturated carbocycles. The van der Waals surface area contributed by atoms with Crippen molar-refractivity contribution >= 4 is 41.6 Å². The van der Waals surface area contributed by atoms with Gasteiger partial charge in [0.05, 0.1) is 13.2 Å². The predicted molar refractivity (Wildman–Crippen MR) is 156 cm³/mol. The normalized spacial score (nSPS) is 12.3. The molecule has 0 saturated heterocycles. The third-order valence-electron chi connectivity index (χ3n) is 6.28. The van der Waals surface area contributed by atoms with Crippen molar-refractivity contribution in [3.05, 3.63) is 126 Å². The van der Waals surface area contributed by atoms with Crippen LogP contribution in [0.4, 0.5) is 0 Å². The van der Waals surface area contributed by atoms with Gasteiger partial charge in [-0.15, -0.1) is 0 Å². The van der Waals surface area contributed by atoms with E-state index in [1.807, 2.05) is 85.8 Å². The highest BCUT2D eigenvalue weighted by molar-refractivity contribution is 7.79. The molecule has 2 N–H and O–H groups in total. The summed E-state index contributed by atoms with van der Waals surface area (Å²) in [6, 6.07) is 33.9. The fourth-order valence-electron chi connectivity index (χ4n) is 4.22. The van der Waals surface area contributed by atoms with Gasteiger partial charge in [0.1, 0.15) is 6.04 Å². The van der Waals surface area contributed by atoms with Crippen molar-refractivity contribution in [1.29, 1.82) is 0 Å². The molecule has 0 aliphatic rings. The van der Waals surface area contributed by atoms with Gasteiger partial charge < -0.3 is 15.4 Å². The molecular formula is C32H31N2O4P. The monoisotopic (exact) mass is 538 g/mol. The van der Waals surface area contributed by atoms with E-state index in [1.165, 1.54) is 7.11 Å². The second-order valence-corrected chi connectivity index (χ2v) is 11.3. The molecule has 4 aromatic carbocycles. The number of hydrogen-bond acceptors (Lipinski definition) is 4. The van der Waals surface area contributed by atoms with Gasteiger partial charge in [-0.3, -0.25) is 9.59 Å². The smallest absolute Gasteiger partial charge is 0.328 e. The van der Waals surface area contributed by atoms with Gasteiger partial charge in [-0.05, 0) is 61.4 Å². The summed E-state index contributed by atoms with van der Waals surface area (Å²) in [6.07, 6.45) is 0. The molecule has 0 unspecified atom stereocenters. The molecule has 0 aliphatic carbocycles. The van der Waals surface area contributed by atoms with Crippen molar-refractivity contribution in [2.75, 3.05) is 7.11 Å². The van der Waals surface area contributed by atoms with E-state index < -0.39 is 25.8 Å². The maximum absolute atomic E-state index is 13.5. The highest BCUT2D eigenvalue weighted by atomic mass is 31.1. The van der Waals surface area contributed by atoms with Gasteiger partial charge in [-0.1, -0.05) is 91.0 Å². The van der Waals surface area contributed by atoms with E-state index in [-0.39, 0.29) is 11.9 Å². The van der Waals surface area contributed by atoms with E-state index in [4.69, 9.17) is 4.74 Å². The summed E-state index contributed by atoms with van der Waals surface area (Å²) in [4.78, 5) is 38.8. The molecule has 6 nitrogen and oxygen atoms in total. The number of ether oxygens (including phenoxy) is 1. The highest BCUT2D eigenvalue weighted by Gasteiger charge is 2.23. The topological polar surface area (TPSA) is 84.5 Å². The minimum Gasteiger partial charge on any atom is -0.467 e. The number of hydrogen-bond donors (Lipinski definition) is 2. The Morgan fingerprint density at radius 3 is 1.59 bits per heavy atom. The molecule has 7 heteroatoms. The zero-order chi connectivity index (χ0) is 27.8. The molecule has 4 rings (SSSR count). The summed E-state index contributed by atoms with van der Waals surface area (Å²) < 4.78 is 4.76. The Kier molecular flexibility index (Phi) is 9.24. The van der Waals surface area contributed by atoms with Crippen LogP contribution in [0, 0.1) is 0 Å². The quantitative estimate of drug-likeness (QED) is 0.247. The lowest BCUT2D eigenvalue weighted by molar-refractivity contribution is -0.142. The van der Waals surface area contributed by atoms with Gasteiger partial charge in [0.2, 0.25) is 0 Å². The average Bonchev–Trinajstić information content (AvgIpc) is 2.98. The number of esters is 1. The third kappa shape index (κ3) is 6.98. The Hall–Kier alpha value is -4.28. The summed E-state index contributed by atoms with van der Waals surface area (Å²) >= 11 is 0. The van der Waals surface area contributed by atoms with E-state index in [0.29, 0.717) is 11.1 Å². The average molecular weight is 539 g/mol. The standard InChI is InChI=1S/C32H31N2O4P/c1-22(24-13-7-4-8-14-24)33-30(35)25-19-26(31(36)34-23(2)32(37)38-3)21-29(20-25)39(27-15-9-5-10-16-27)28-17-11-6-12-18-28/h4-23H,1-3H3,(H,33,35)(H,34,36)/t22-,23-/m0/s1. The van der Waals surface area contributed by atoms with Crippen LogP contribution in [0.3, 0.4) is 0 Å². The Morgan fingerprint density at radius 1 is 0.641 bits per heavy atom. The molecule has 198 valence electrons. The van der Waals surface area contributed by atoms with Crippen molar-refractivity contribution in [1.82, 2.24) is 10.6 Å².